The molecule has 0 saturated heterocycles. The minimum atomic E-state index is -0.0669. The maximum absolute atomic E-state index is 6.73. The fraction of sp³-hybridized carbons (Fsp3) is 0.0222. The van der Waals surface area contributed by atoms with Gasteiger partial charge in [0, 0.05) is 17.0 Å². The highest BCUT2D eigenvalue weighted by atomic mass is 16.5. The summed E-state index contributed by atoms with van der Waals surface area (Å²) in [7, 11) is 0. The van der Waals surface area contributed by atoms with Crippen molar-refractivity contribution in [1.29, 1.82) is 0 Å². The highest BCUT2D eigenvalue weighted by Crippen LogP contribution is 2.53. The summed E-state index contributed by atoms with van der Waals surface area (Å²) in [6.45, 7) is 0. The first-order chi connectivity index (χ1) is 23.8. The molecule has 3 nitrogen and oxygen atoms in total. The van der Waals surface area contributed by atoms with E-state index >= 15 is 0 Å². The fourth-order valence-corrected chi connectivity index (χ4v) is 6.87. The normalized spacial score (nSPS) is 12.2. The van der Waals surface area contributed by atoms with Gasteiger partial charge in [-0.2, -0.15) is 0 Å². The van der Waals surface area contributed by atoms with E-state index in [0.717, 1.165) is 67.2 Å². The van der Waals surface area contributed by atoms with Crippen molar-refractivity contribution in [2.75, 3.05) is 0 Å². The molecule has 3 heteroatoms. The molecule has 0 N–H and O–H groups in total. The lowest BCUT2D eigenvalue weighted by atomic mass is 9.78. The molecular formula is C45H30O3. The van der Waals surface area contributed by atoms with Gasteiger partial charge in [-0.15, -0.1) is 0 Å². The van der Waals surface area contributed by atoms with Crippen LogP contribution in [0.15, 0.2) is 176 Å². The van der Waals surface area contributed by atoms with Gasteiger partial charge in [-0.1, -0.05) is 115 Å². The van der Waals surface area contributed by atoms with Gasteiger partial charge >= 0.3 is 0 Å². The van der Waals surface area contributed by atoms with Crippen molar-refractivity contribution in [3.8, 4) is 45.6 Å². The van der Waals surface area contributed by atoms with E-state index in [4.69, 9.17) is 14.2 Å². The van der Waals surface area contributed by atoms with Crippen LogP contribution in [-0.2, 0) is 0 Å². The number of benzene rings is 8. The van der Waals surface area contributed by atoms with Crippen molar-refractivity contribution in [2.24, 2.45) is 0 Å². The van der Waals surface area contributed by atoms with Gasteiger partial charge in [0.15, 0.2) is 0 Å². The average Bonchev–Trinajstić information content (AvgIpc) is 3.15. The maximum Gasteiger partial charge on any atom is 0.132 e. The Bertz CT molecular complexity index is 2270. The zero-order chi connectivity index (χ0) is 31.9. The van der Waals surface area contributed by atoms with Crippen LogP contribution in [0.25, 0.3) is 32.7 Å². The van der Waals surface area contributed by atoms with Crippen LogP contribution in [0.4, 0.5) is 0 Å². The quantitative estimate of drug-likeness (QED) is 0.186. The molecule has 0 aliphatic carbocycles. The molecular weight excluding hydrogens is 588 g/mol. The lowest BCUT2D eigenvalue weighted by Crippen LogP contribution is -2.13. The third-order valence-electron chi connectivity index (χ3n) is 9.09. The summed E-state index contributed by atoms with van der Waals surface area (Å²) in [5.41, 5.74) is 5.89. The standard InChI is InChI=1S/C45H30O3/c1-4-10-30(11-5-1)31-16-18-32(19-17-31)43-44-39-24-22-37(46-35-12-6-2-7-13-35)28-33(39)20-26-41(44)48-42-27-21-34-29-38(23-25-40(34)45(42)43)47-36-14-8-3-9-15-36/h1-29,43H. The summed E-state index contributed by atoms with van der Waals surface area (Å²) < 4.78 is 19.2. The molecule has 0 saturated carbocycles. The lowest BCUT2D eigenvalue weighted by molar-refractivity contribution is 0.456. The molecule has 228 valence electrons. The SMILES string of the molecule is c1ccc(Oc2ccc3c4c(ccc3c2)Oc2ccc3cc(Oc5ccccc5)ccc3c2C4c2ccc(-c3ccccc3)cc2)cc1. The molecule has 0 radical (unpaired) electrons. The minimum Gasteiger partial charge on any atom is -0.457 e. The van der Waals surface area contributed by atoms with Crippen LogP contribution in [0.2, 0.25) is 0 Å². The number of hydrogen-bond acceptors (Lipinski definition) is 3. The van der Waals surface area contributed by atoms with E-state index in [1.165, 1.54) is 16.7 Å². The molecule has 0 aromatic heterocycles. The minimum absolute atomic E-state index is 0.0669. The summed E-state index contributed by atoms with van der Waals surface area (Å²) in [5, 5.41) is 4.46. The number of rotatable bonds is 6. The third kappa shape index (κ3) is 5.12. The first-order valence-corrected chi connectivity index (χ1v) is 16.2. The molecule has 1 aliphatic heterocycles. The maximum atomic E-state index is 6.73. The smallest absolute Gasteiger partial charge is 0.132 e. The fourth-order valence-electron chi connectivity index (χ4n) is 6.87. The van der Waals surface area contributed by atoms with E-state index in [9.17, 15) is 0 Å². The van der Waals surface area contributed by atoms with Gasteiger partial charge in [-0.25, -0.2) is 0 Å². The Morgan fingerprint density at radius 3 is 1.33 bits per heavy atom. The largest absolute Gasteiger partial charge is 0.457 e. The molecule has 8 aromatic carbocycles. The number of para-hydroxylation sites is 2. The van der Waals surface area contributed by atoms with E-state index in [0.29, 0.717) is 0 Å². The van der Waals surface area contributed by atoms with Gasteiger partial charge in [0.1, 0.15) is 34.5 Å². The number of ether oxygens (including phenoxy) is 3. The Labute approximate surface area is 279 Å². The molecule has 0 bridgehead atoms. The van der Waals surface area contributed by atoms with E-state index in [1.807, 2.05) is 60.7 Å². The molecule has 0 amide bonds. The van der Waals surface area contributed by atoms with Gasteiger partial charge in [-0.3, -0.25) is 0 Å². The molecule has 1 aliphatic rings. The monoisotopic (exact) mass is 618 g/mol. The topological polar surface area (TPSA) is 27.7 Å². The predicted molar refractivity (Wildman–Crippen MR) is 194 cm³/mol. The summed E-state index contributed by atoms with van der Waals surface area (Å²) in [5.74, 6) is 4.88. The summed E-state index contributed by atoms with van der Waals surface area (Å²) in [6, 6.07) is 60.4. The van der Waals surface area contributed by atoms with E-state index in [2.05, 4.69) is 115 Å². The molecule has 0 fully saturated rings. The summed E-state index contributed by atoms with van der Waals surface area (Å²) in [6.07, 6.45) is 0. The molecule has 48 heavy (non-hydrogen) atoms. The Kier molecular flexibility index (Phi) is 6.87. The second kappa shape index (κ2) is 11.8. The van der Waals surface area contributed by atoms with Crippen molar-refractivity contribution in [3.63, 3.8) is 0 Å². The molecule has 0 spiro atoms. The van der Waals surface area contributed by atoms with Crippen molar-refractivity contribution < 1.29 is 14.2 Å². The molecule has 0 unspecified atom stereocenters. The van der Waals surface area contributed by atoms with E-state index < -0.39 is 0 Å². The lowest BCUT2D eigenvalue weighted by Gasteiger charge is -2.31. The van der Waals surface area contributed by atoms with Crippen molar-refractivity contribution >= 4 is 21.5 Å². The van der Waals surface area contributed by atoms with Crippen LogP contribution in [-0.4, -0.2) is 0 Å². The van der Waals surface area contributed by atoms with Crippen molar-refractivity contribution in [3.05, 3.63) is 193 Å². The zero-order valence-electron chi connectivity index (χ0n) is 26.0. The highest BCUT2D eigenvalue weighted by Gasteiger charge is 2.32. The van der Waals surface area contributed by atoms with E-state index in [-0.39, 0.29) is 5.92 Å². The van der Waals surface area contributed by atoms with Crippen LogP contribution < -0.4 is 14.2 Å². The summed E-state index contributed by atoms with van der Waals surface area (Å²) >= 11 is 0. The predicted octanol–water partition coefficient (Wildman–Crippen LogP) is 12.5. The number of hydrogen-bond donors (Lipinski definition) is 0. The Morgan fingerprint density at radius 2 is 0.833 bits per heavy atom. The Balaban J connectivity index is 1.20. The second-order valence-electron chi connectivity index (χ2n) is 12.1. The van der Waals surface area contributed by atoms with Crippen LogP contribution in [0.5, 0.6) is 34.5 Å². The zero-order valence-corrected chi connectivity index (χ0v) is 26.0. The van der Waals surface area contributed by atoms with Gasteiger partial charge in [0.05, 0.1) is 0 Å². The first kappa shape index (κ1) is 27.9. The Hall–Kier alpha value is -6.32. The second-order valence-corrected chi connectivity index (χ2v) is 12.1. The molecule has 1 heterocycles. The van der Waals surface area contributed by atoms with Crippen LogP contribution in [0.1, 0.15) is 22.6 Å². The van der Waals surface area contributed by atoms with Gasteiger partial charge < -0.3 is 14.2 Å². The molecule has 0 atom stereocenters. The third-order valence-corrected chi connectivity index (χ3v) is 9.09. The molecule has 8 aromatic rings. The highest BCUT2D eigenvalue weighted by molar-refractivity contribution is 5.96. The van der Waals surface area contributed by atoms with Crippen LogP contribution >= 0.6 is 0 Å². The van der Waals surface area contributed by atoms with E-state index in [1.54, 1.807) is 0 Å². The number of fused-ring (bicyclic) bond motifs is 6. The van der Waals surface area contributed by atoms with Gasteiger partial charge in [-0.05, 0) is 98.9 Å². The first-order valence-electron chi connectivity index (χ1n) is 16.2. The van der Waals surface area contributed by atoms with Crippen molar-refractivity contribution in [2.45, 2.75) is 5.92 Å². The Morgan fingerprint density at radius 1 is 0.375 bits per heavy atom. The van der Waals surface area contributed by atoms with Gasteiger partial charge in [0.2, 0.25) is 0 Å². The van der Waals surface area contributed by atoms with Crippen LogP contribution in [0.3, 0.4) is 0 Å². The van der Waals surface area contributed by atoms with Crippen LogP contribution in [0, 0.1) is 0 Å². The summed E-state index contributed by atoms with van der Waals surface area (Å²) in [4.78, 5) is 0. The van der Waals surface area contributed by atoms with Crippen molar-refractivity contribution in [1.82, 2.24) is 0 Å². The molecule has 9 rings (SSSR count). The average molecular weight is 619 g/mol. The van der Waals surface area contributed by atoms with Gasteiger partial charge in [0.25, 0.3) is 0 Å².